The van der Waals surface area contributed by atoms with E-state index >= 15 is 0 Å². The summed E-state index contributed by atoms with van der Waals surface area (Å²) in [6, 6.07) is 8.33. The summed E-state index contributed by atoms with van der Waals surface area (Å²) >= 11 is 1.63. The van der Waals surface area contributed by atoms with E-state index in [1.807, 2.05) is 32.2 Å². The number of hydrogen-bond acceptors (Lipinski definition) is 2. The van der Waals surface area contributed by atoms with E-state index in [0.29, 0.717) is 0 Å². The average molecular weight is 264 g/mol. The summed E-state index contributed by atoms with van der Waals surface area (Å²) < 4.78 is 12.9. The molecular weight excluding hydrogens is 247 g/mol. The SMILES string of the molecule is Cc1cc(C(O)C(C)(C)c2ccc(F)cc2)cs1. The maximum absolute atomic E-state index is 12.9. The number of halogens is 1. The van der Waals surface area contributed by atoms with Gasteiger partial charge < -0.3 is 5.11 Å². The van der Waals surface area contributed by atoms with Crippen LogP contribution < -0.4 is 0 Å². The number of benzene rings is 1. The molecule has 1 heterocycles. The van der Waals surface area contributed by atoms with Gasteiger partial charge in [-0.25, -0.2) is 4.39 Å². The van der Waals surface area contributed by atoms with Gasteiger partial charge >= 0.3 is 0 Å². The topological polar surface area (TPSA) is 20.2 Å². The van der Waals surface area contributed by atoms with Crippen LogP contribution in [-0.2, 0) is 5.41 Å². The normalized spacial score (nSPS) is 13.6. The van der Waals surface area contributed by atoms with E-state index in [0.717, 1.165) is 11.1 Å². The lowest BCUT2D eigenvalue weighted by Gasteiger charge is -2.30. The quantitative estimate of drug-likeness (QED) is 0.880. The van der Waals surface area contributed by atoms with Gasteiger partial charge in [-0.3, -0.25) is 0 Å². The van der Waals surface area contributed by atoms with Crippen LogP contribution in [0.3, 0.4) is 0 Å². The van der Waals surface area contributed by atoms with Gasteiger partial charge in [0.1, 0.15) is 5.82 Å². The highest BCUT2D eigenvalue weighted by molar-refractivity contribution is 7.10. The monoisotopic (exact) mass is 264 g/mol. The molecule has 1 atom stereocenters. The highest BCUT2D eigenvalue weighted by Gasteiger charge is 2.31. The number of aryl methyl sites for hydroxylation is 1. The highest BCUT2D eigenvalue weighted by Crippen LogP contribution is 2.38. The van der Waals surface area contributed by atoms with E-state index in [4.69, 9.17) is 0 Å². The molecule has 0 saturated carbocycles. The first-order valence-corrected chi connectivity index (χ1v) is 6.78. The molecule has 0 spiro atoms. The number of aliphatic hydroxyl groups excluding tert-OH is 1. The minimum absolute atomic E-state index is 0.254. The Balaban J connectivity index is 2.32. The Kier molecular flexibility index (Phi) is 3.55. The van der Waals surface area contributed by atoms with E-state index in [1.54, 1.807) is 23.5 Å². The lowest BCUT2D eigenvalue weighted by Crippen LogP contribution is -2.26. The van der Waals surface area contributed by atoms with Crippen LogP contribution in [0.25, 0.3) is 0 Å². The van der Waals surface area contributed by atoms with Crippen LogP contribution in [0, 0.1) is 12.7 Å². The molecule has 0 fully saturated rings. The van der Waals surface area contributed by atoms with Gasteiger partial charge in [-0.05, 0) is 41.6 Å². The van der Waals surface area contributed by atoms with Crippen LogP contribution in [0.4, 0.5) is 4.39 Å². The molecule has 96 valence electrons. The summed E-state index contributed by atoms with van der Waals surface area (Å²) in [7, 11) is 0. The Morgan fingerprint density at radius 2 is 1.83 bits per heavy atom. The molecular formula is C15H17FOS. The maximum atomic E-state index is 12.9. The first-order valence-electron chi connectivity index (χ1n) is 5.90. The molecule has 1 N–H and O–H groups in total. The minimum Gasteiger partial charge on any atom is -0.387 e. The van der Waals surface area contributed by atoms with Crippen molar-refractivity contribution in [3.05, 3.63) is 57.5 Å². The average Bonchev–Trinajstić information content (AvgIpc) is 2.75. The molecule has 1 aromatic heterocycles. The Hall–Kier alpha value is -1.19. The van der Waals surface area contributed by atoms with Gasteiger partial charge in [0.05, 0.1) is 6.10 Å². The molecule has 3 heteroatoms. The molecule has 0 aliphatic rings. The zero-order valence-corrected chi connectivity index (χ0v) is 11.6. The van der Waals surface area contributed by atoms with Crippen LogP contribution in [0.1, 0.15) is 36.0 Å². The first kappa shape index (κ1) is 13.2. The van der Waals surface area contributed by atoms with Gasteiger partial charge in [0.25, 0.3) is 0 Å². The van der Waals surface area contributed by atoms with Crippen molar-refractivity contribution in [3.63, 3.8) is 0 Å². The third-order valence-electron chi connectivity index (χ3n) is 3.34. The Morgan fingerprint density at radius 3 is 2.33 bits per heavy atom. The van der Waals surface area contributed by atoms with E-state index in [-0.39, 0.29) is 5.82 Å². The fraction of sp³-hybridized carbons (Fsp3) is 0.333. The molecule has 1 aromatic carbocycles. The van der Waals surface area contributed by atoms with Gasteiger partial charge in [-0.1, -0.05) is 26.0 Å². The van der Waals surface area contributed by atoms with Crippen molar-refractivity contribution in [2.45, 2.75) is 32.3 Å². The standard InChI is InChI=1S/C15H17FOS/c1-10-8-11(9-18-10)14(17)15(2,3)12-4-6-13(16)7-5-12/h4-9,14,17H,1-3H3. The lowest BCUT2D eigenvalue weighted by atomic mass is 9.77. The second kappa shape index (κ2) is 4.82. The number of thiophene rings is 1. The molecule has 1 unspecified atom stereocenters. The van der Waals surface area contributed by atoms with Gasteiger partial charge in [-0.2, -0.15) is 0 Å². The molecule has 2 rings (SSSR count). The first-order chi connectivity index (χ1) is 8.41. The molecule has 2 aromatic rings. The second-order valence-electron chi connectivity index (χ2n) is 5.12. The molecule has 1 nitrogen and oxygen atoms in total. The summed E-state index contributed by atoms with van der Waals surface area (Å²) in [5, 5.41) is 12.5. The van der Waals surface area contributed by atoms with E-state index in [2.05, 4.69) is 0 Å². The Morgan fingerprint density at radius 1 is 1.22 bits per heavy atom. The summed E-state index contributed by atoms with van der Waals surface area (Å²) in [5.41, 5.74) is 1.41. The molecule has 0 radical (unpaired) electrons. The van der Waals surface area contributed by atoms with Crippen LogP contribution >= 0.6 is 11.3 Å². The van der Waals surface area contributed by atoms with Gasteiger partial charge in [0, 0.05) is 10.3 Å². The van der Waals surface area contributed by atoms with Crippen molar-refractivity contribution in [1.82, 2.24) is 0 Å². The molecule has 0 bridgehead atoms. The Labute approximate surface area is 111 Å². The van der Waals surface area contributed by atoms with Crippen molar-refractivity contribution in [3.8, 4) is 0 Å². The number of aliphatic hydroxyl groups is 1. The minimum atomic E-state index is -0.590. The molecule has 0 aliphatic heterocycles. The van der Waals surface area contributed by atoms with Crippen LogP contribution in [0.2, 0.25) is 0 Å². The maximum Gasteiger partial charge on any atom is 0.123 e. The largest absolute Gasteiger partial charge is 0.387 e. The fourth-order valence-corrected chi connectivity index (χ4v) is 2.78. The van der Waals surface area contributed by atoms with Crippen molar-refractivity contribution in [2.24, 2.45) is 0 Å². The summed E-state index contributed by atoms with van der Waals surface area (Å²) in [5.74, 6) is -0.254. The van der Waals surface area contributed by atoms with Gasteiger partial charge in [0.15, 0.2) is 0 Å². The molecule has 0 aliphatic carbocycles. The van der Waals surface area contributed by atoms with Gasteiger partial charge in [0.2, 0.25) is 0 Å². The van der Waals surface area contributed by atoms with E-state index in [1.165, 1.54) is 17.0 Å². The fourth-order valence-electron chi connectivity index (χ4n) is 2.06. The van der Waals surface area contributed by atoms with Gasteiger partial charge in [-0.15, -0.1) is 11.3 Å². The lowest BCUT2D eigenvalue weighted by molar-refractivity contribution is 0.101. The van der Waals surface area contributed by atoms with E-state index < -0.39 is 11.5 Å². The smallest absolute Gasteiger partial charge is 0.123 e. The number of hydrogen-bond donors (Lipinski definition) is 1. The summed E-state index contributed by atoms with van der Waals surface area (Å²) in [6.07, 6.45) is -0.590. The predicted molar refractivity (Wildman–Crippen MR) is 73.4 cm³/mol. The van der Waals surface area contributed by atoms with Crippen LogP contribution in [0.5, 0.6) is 0 Å². The Bertz CT molecular complexity index is 528. The molecule has 0 saturated heterocycles. The summed E-state index contributed by atoms with van der Waals surface area (Å²) in [6.45, 7) is 5.96. The third kappa shape index (κ3) is 2.47. The summed E-state index contributed by atoms with van der Waals surface area (Å²) in [4.78, 5) is 1.18. The van der Waals surface area contributed by atoms with Crippen molar-refractivity contribution in [1.29, 1.82) is 0 Å². The van der Waals surface area contributed by atoms with Crippen molar-refractivity contribution in [2.75, 3.05) is 0 Å². The van der Waals surface area contributed by atoms with Crippen molar-refractivity contribution < 1.29 is 9.50 Å². The van der Waals surface area contributed by atoms with E-state index in [9.17, 15) is 9.50 Å². The second-order valence-corrected chi connectivity index (χ2v) is 6.24. The van der Waals surface area contributed by atoms with Crippen molar-refractivity contribution >= 4 is 11.3 Å². The predicted octanol–water partition coefficient (Wildman–Crippen LogP) is 4.21. The number of rotatable bonds is 3. The third-order valence-corrected chi connectivity index (χ3v) is 4.22. The molecule has 18 heavy (non-hydrogen) atoms. The molecule has 0 amide bonds. The zero-order valence-electron chi connectivity index (χ0n) is 10.8. The zero-order chi connectivity index (χ0) is 13.3. The van der Waals surface area contributed by atoms with Crippen LogP contribution in [-0.4, -0.2) is 5.11 Å². The van der Waals surface area contributed by atoms with Crippen LogP contribution in [0.15, 0.2) is 35.7 Å². The highest BCUT2D eigenvalue weighted by atomic mass is 32.1.